The van der Waals surface area contributed by atoms with Gasteiger partial charge in [-0.1, -0.05) is 27.2 Å². The highest BCUT2D eigenvalue weighted by molar-refractivity contribution is 5.29. The molecule has 1 aromatic heterocycles. The van der Waals surface area contributed by atoms with E-state index in [2.05, 4.69) is 48.8 Å². The SMILES string of the molecule is CCCCNc1nc(C)cn1C1CCC(C)C(C)C1. The molecule has 1 fully saturated rings. The normalized spacial score (nSPS) is 27.5. The van der Waals surface area contributed by atoms with Crippen LogP contribution in [0.25, 0.3) is 0 Å². The number of aryl methyl sites for hydroxylation is 1. The van der Waals surface area contributed by atoms with Gasteiger partial charge >= 0.3 is 0 Å². The van der Waals surface area contributed by atoms with Crippen LogP contribution < -0.4 is 5.32 Å². The smallest absolute Gasteiger partial charge is 0.203 e. The van der Waals surface area contributed by atoms with Crippen molar-refractivity contribution in [2.75, 3.05) is 11.9 Å². The fraction of sp³-hybridized carbons (Fsp3) is 0.812. The van der Waals surface area contributed by atoms with Gasteiger partial charge in [0.15, 0.2) is 0 Å². The van der Waals surface area contributed by atoms with Crippen molar-refractivity contribution in [1.82, 2.24) is 9.55 Å². The summed E-state index contributed by atoms with van der Waals surface area (Å²) in [6, 6.07) is 0.636. The van der Waals surface area contributed by atoms with Crippen LogP contribution in [-0.4, -0.2) is 16.1 Å². The van der Waals surface area contributed by atoms with Crippen LogP contribution in [0.4, 0.5) is 5.95 Å². The minimum absolute atomic E-state index is 0.636. The van der Waals surface area contributed by atoms with E-state index in [0.717, 1.165) is 30.0 Å². The van der Waals surface area contributed by atoms with Crippen molar-refractivity contribution in [1.29, 1.82) is 0 Å². The van der Waals surface area contributed by atoms with Gasteiger partial charge in [0.05, 0.1) is 5.69 Å². The number of nitrogens with zero attached hydrogens (tertiary/aromatic N) is 2. The van der Waals surface area contributed by atoms with Crippen LogP contribution in [0.3, 0.4) is 0 Å². The third kappa shape index (κ3) is 3.52. The summed E-state index contributed by atoms with van der Waals surface area (Å²) >= 11 is 0. The van der Waals surface area contributed by atoms with E-state index in [1.54, 1.807) is 0 Å². The second-order valence-corrected chi connectivity index (χ2v) is 6.31. The lowest BCUT2D eigenvalue weighted by molar-refractivity contribution is 0.212. The van der Waals surface area contributed by atoms with Gasteiger partial charge in [0, 0.05) is 18.8 Å². The number of imidazole rings is 1. The van der Waals surface area contributed by atoms with Crippen LogP contribution in [0.15, 0.2) is 6.20 Å². The van der Waals surface area contributed by atoms with Crippen LogP contribution in [0.2, 0.25) is 0 Å². The molecule has 1 aliphatic rings. The van der Waals surface area contributed by atoms with Gasteiger partial charge in [0.1, 0.15) is 0 Å². The molecule has 3 unspecified atom stereocenters. The summed E-state index contributed by atoms with van der Waals surface area (Å²) in [5.41, 5.74) is 1.13. The third-order valence-corrected chi connectivity index (χ3v) is 4.63. The molecule has 108 valence electrons. The van der Waals surface area contributed by atoms with Gasteiger partial charge in [0.2, 0.25) is 5.95 Å². The van der Waals surface area contributed by atoms with Crippen molar-refractivity contribution in [2.24, 2.45) is 11.8 Å². The van der Waals surface area contributed by atoms with Gasteiger partial charge < -0.3 is 9.88 Å². The lowest BCUT2D eigenvalue weighted by atomic mass is 9.79. The first-order valence-electron chi connectivity index (χ1n) is 7.91. The van der Waals surface area contributed by atoms with Gasteiger partial charge in [-0.25, -0.2) is 4.98 Å². The largest absolute Gasteiger partial charge is 0.356 e. The molecule has 3 atom stereocenters. The Labute approximate surface area is 117 Å². The van der Waals surface area contributed by atoms with E-state index in [1.807, 2.05) is 0 Å². The van der Waals surface area contributed by atoms with Crippen LogP contribution in [0.5, 0.6) is 0 Å². The Morgan fingerprint density at radius 1 is 1.32 bits per heavy atom. The van der Waals surface area contributed by atoms with Gasteiger partial charge in [-0.15, -0.1) is 0 Å². The number of anilines is 1. The molecule has 3 nitrogen and oxygen atoms in total. The predicted molar refractivity (Wildman–Crippen MR) is 81.6 cm³/mol. The molecule has 1 aromatic rings. The molecule has 0 spiro atoms. The number of rotatable bonds is 5. The van der Waals surface area contributed by atoms with Crippen LogP contribution in [0, 0.1) is 18.8 Å². The highest BCUT2D eigenvalue weighted by atomic mass is 15.2. The molecule has 0 amide bonds. The molecule has 0 aliphatic heterocycles. The molecule has 19 heavy (non-hydrogen) atoms. The summed E-state index contributed by atoms with van der Waals surface area (Å²) in [5, 5.41) is 3.51. The van der Waals surface area contributed by atoms with Gasteiger partial charge in [0.25, 0.3) is 0 Å². The molecule has 1 aliphatic carbocycles. The van der Waals surface area contributed by atoms with Crippen molar-refractivity contribution in [3.05, 3.63) is 11.9 Å². The van der Waals surface area contributed by atoms with E-state index >= 15 is 0 Å². The lowest BCUT2D eigenvalue weighted by Gasteiger charge is -2.33. The van der Waals surface area contributed by atoms with E-state index in [0.29, 0.717) is 6.04 Å². The fourth-order valence-corrected chi connectivity index (χ4v) is 3.07. The van der Waals surface area contributed by atoms with Crippen LogP contribution >= 0.6 is 0 Å². The van der Waals surface area contributed by atoms with E-state index in [-0.39, 0.29) is 0 Å². The zero-order valence-corrected chi connectivity index (χ0v) is 12.9. The number of aromatic nitrogens is 2. The number of hydrogen-bond donors (Lipinski definition) is 1. The van der Waals surface area contributed by atoms with E-state index < -0.39 is 0 Å². The average Bonchev–Trinajstić information content (AvgIpc) is 2.74. The molecular weight excluding hydrogens is 234 g/mol. The van der Waals surface area contributed by atoms with E-state index in [9.17, 15) is 0 Å². The number of unbranched alkanes of at least 4 members (excludes halogenated alkanes) is 1. The molecule has 3 heteroatoms. The fourth-order valence-electron chi connectivity index (χ4n) is 3.07. The summed E-state index contributed by atoms with van der Waals surface area (Å²) in [7, 11) is 0. The molecule has 1 heterocycles. The highest BCUT2D eigenvalue weighted by Crippen LogP contribution is 2.37. The molecular formula is C16H29N3. The monoisotopic (exact) mass is 263 g/mol. The van der Waals surface area contributed by atoms with E-state index in [1.165, 1.54) is 32.1 Å². The van der Waals surface area contributed by atoms with Crippen LogP contribution in [0.1, 0.15) is 64.6 Å². The first-order chi connectivity index (χ1) is 9.11. The first kappa shape index (κ1) is 14.4. The highest BCUT2D eigenvalue weighted by Gasteiger charge is 2.27. The molecule has 0 saturated heterocycles. The van der Waals surface area contributed by atoms with Crippen molar-refractivity contribution >= 4 is 5.95 Å². The summed E-state index contributed by atoms with van der Waals surface area (Å²) in [6.07, 6.45) is 8.59. The summed E-state index contributed by atoms with van der Waals surface area (Å²) in [4.78, 5) is 4.65. The Balaban J connectivity index is 2.06. The Kier molecular flexibility index (Phi) is 4.89. The second-order valence-electron chi connectivity index (χ2n) is 6.31. The molecule has 1 N–H and O–H groups in total. The second kappa shape index (κ2) is 6.44. The van der Waals surface area contributed by atoms with Gasteiger partial charge in [-0.2, -0.15) is 0 Å². The Morgan fingerprint density at radius 3 is 2.79 bits per heavy atom. The molecule has 0 radical (unpaired) electrons. The van der Waals surface area contributed by atoms with Crippen LogP contribution in [-0.2, 0) is 0 Å². The van der Waals surface area contributed by atoms with E-state index in [4.69, 9.17) is 0 Å². The van der Waals surface area contributed by atoms with Crippen molar-refractivity contribution in [3.8, 4) is 0 Å². The molecule has 0 aromatic carbocycles. The van der Waals surface area contributed by atoms with Gasteiger partial charge in [-0.3, -0.25) is 0 Å². The minimum Gasteiger partial charge on any atom is -0.356 e. The zero-order valence-electron chi connectivity index (χ0n) is 12.9. The molecule has 1 saturated carbocycles. The summed E-state index contributed by atoms with van der Waals surface area (Å²) < 4.78 is 2.40. The minimum atomic E-state index is 0.636. The zero-order chi connectivity index (χ0) is 13.8. The quantitative estimate of drug-likeness (QED) is 0.798. The van der Waals surface area contributed by atoms with Crippen molar-refractivity contribution < 1.29 is 0 Å². The molecule has 2 rings (SSSR count). The average molecular weight is 263 g/mol. The van der Waals surface area contributed by atoms with Gasteiger partial charge in [-0.05, 0) is 44.4 Å². The summed E-state index contributed by atoms with van der Waals surface area (Å²) in [5.74, 6) is 2.78. The maximum atomic E-state index is 4.65. The predicted octanol–water partition coefficient (Wildman–Crippen LogP) is 4.40. The third-order valence-electron chi connectivity index (χ3n) is 4.63. The van der Waals surface area contributed by atoms with Crippen molar-refractivity contribution in [3.63, 3.8) is 0 Å². The topological polar surface area (TPSA) is 29.9 Å². The maximum absolute atomic E-state index is 4.65. The van der Waals surface area contributed by atoms with Crippen molar-refractivity contribution in [2.45, 2.75) is 65.8 Å². The Bertz CT molecular complexity index is 397. The summed E-state index contributed by atoms with van der Waals surface area (Å²) in [6.45, 7) is 10.1. The Morgan fingerprint density at radius 2 is 2.11 bits per heavy atom. The first-order valence-corrected chi connectivity index (χ1v) is 7.91. The molecule has 0 bridgehead atoms. The lowest BCUT2D eigenvalue weighted by Crippen LogP contribution is -2.24. The standard InChI is InChI=1S/C16H29N3/c1-5-6-9-17-16-18-14(4)11-19(16)15-8-7-12(2)13(3)10-15/h11-13,15H,5-10H2,1-4H3,(H,17,18). The number of hydrogen-bond acceptors (Lipinski definition) is 2. The maximum Gasteiger partial charge on any atom is 0.203 e. The Hall–Kier alpha value is -0.990. The number of nitrogens with one attached hydrogen (secondary N) is 1.